The zero-order valence-corrected chi connectivity index (χ0v) is 8.43. The van der Waals surface area contributed by atoms with Crippen molar-refractivity contribution in [1.82, 2.24) is 4.90 Å². The van der Waals surface area contributed by atoms with Gasteiger partial charge in [0.15, 0.2) is 0 Å². The zero-order chi connectivity index (χ0) is 7.78. The number of halogens is 4. The average molecular weight is 223 g/mol. The maximum Gasteiger partial charge on any atom is 0.262 e. The number of likely N-dealkylation sites (tertiary alicyclic amines) is 1. The third-order valence-corrected chi connectivity index (χ3v) is 1.61. The molecule has 2 N–H and O–H groups in total. The molecule has 0 aromatic rings. The predicted octanol–water partition coefficient (Wildman–Crippen LogP) is 1.13. The van der Waals surface area contributed by atoms with Crippen LogP contribution < -0.4 is 5.73 Å². The Morgan fingerprint density at radius 3 is 2.25 bits per heavy atom. The lowest BCUT2D eigenvalue weighted by atomic mass is 10.0. The summed E-state index contributed by atoms with van der Waals surface area (Å²) in [6.07, 6.45) is -0.169. The van der Waals surface area contributed by atoms with Crippen LogP contribution in [0.1, 0.15) is 6.42 Å². The summed E-state index contributed by atoms with van der Waals surface area (Å²) in [7, 11) is 1.66. The molecule has 1 aliphatic rings. The molecule has 76 valence electrons. The quantitative estimate of drug-likeness (QED) is 0.666. The van der Waals surface area contributed by atoms with E-state index in [0.29, 0.717) is 6.54 Å². The van der Waals surface area contributed by atoms with E-state index >= 15 is 0 Å². The Morgan fingerprint density at radius 1 is 1.42 bits per heavy atom. The van der Waals surface area contributed by atoms with E-state index in [1.54, 1.807) is 11.9 Å². The van der Waals surface area contributed by atoms with Gasteiger partial charge in [-0.2, -0.15) is 0 Å². The molecule has 12 heavy (non-hydrogen) atoms. The molecule has 1 rings (SSSR count). The second kappa shape index (κ2) is 5.17. The van der Waals surface area contributed by atoms with Crippen LogP contribution in [0.4, 0.5) is 8.78 Å². The van der Waals surface area contributed by atoms with Gasteiger partial charge in [-0.25, -0.2) is 8.78 Å². The van der Waals surface area contributed by atoms with Crippen LogP contribution in [0.2, 0.25) is 0 Å². The summed E-state index contributed by atoms with van der Waals surface area (Å²) >= 11 is 0. The van der Waals surface area contributed by atoms with Crippen LogP contribution in [-0.2, 0) is 0 Å². The number of likely N-dealkylation sites (N-methyl/N-ethyl adjacent to an activating group) is 1. The van der Waals surface area contributed by atoms with Crippen molar-refractivity contribution in [2.45, 2.75) is 18.4 Å². The number of piperidine rings is 1. The molecule has 1 heterocycles. The van der Waals surface area contributed by atoms with Crippen molar-refractivity contribution in [3.05, 3.63) is 0 Å². The lowest BCUT2D eigenvalue weighted by Crippen LogP contribution is -2.50. The second-order valence-corrected chi connectivity index (χ2v) is 3.02. The molecule has 0 aliphatic carbocycles. The molecule has 1 atom stereocenters. The minimum atomic E-state index is -2.58. The third kappa shape index (κ3) is 4.40. The molecule has 0 bridgehead atoms. The van der Waals surface area contributed by atoms with Crippen LogP contribution in [0.15, 0.2) is 0 Å². The molecule has 1 saturated heterocycles. The molecule has 1 unspecified atom stereocenters. The van der Waals surface area contributed by atoms with E-state index < -0.39 is 5.92 Å². The largest absolute Gasteiger partial charge is 0.326 e. The van der Waals surface area contributed by atoms with Gasteiger partial charge < -0.3 is 5.73 Å². The van der Waals surface area contributed by atoms with Gasteiger partial charge in [-0.1, -0.05) is 0 Å². The Kier molecular flexibility index (Phi) is 6.40. The Bertz CT molecular complexity index is 123. The maximum absolute atomic E-state index is 12.6. The van der Waals surface area contributed by atoms with Gasteiger partial charge in [0.1, 0.15) is 0 Å². The van der Waals surface area contributed by atoms with Crippen molar-refractivity contribution < 1.29 is 8.78 Å². The predicted molar refractivity (Wildman–Crippen MR) is 49.5 cm³/mol. The van der Waals surface area contributed by atoms with E-state index in [1.165, 1.54) is 0 Å². The van der Waals surface area contributed by atoms with Gasteiger partial charge in [0, 0.05) is 19.0 Å². The fourth-order valence-corrected chi connectivity index (χ4v) is 1.37. The van der Waals surface area contributed by atoms with Gasteiger partial charge in [0.2, 0.25) is 0 Å². The summed E-state index contributed by atoms with van der Waals surface area (Å²) < 4.78 is 25.2. The molecule has 0 spiro atoms. The summed E-state index contributed by atoms with van der Waals surface area (Å²) in [5.41, 5.74) is 5.38. The normalized spacial score (nSPS) is 28.5. The van der Waals surface area contributed by atoms with Crippen LogP contribution in [0.5, 0.6) is 0 Å². The second-order valence-electron chi connectivity index (χ2n) is 3.02. The van der Waals surface area contributed by atoms with Gasteiger partial charge >= 0.3 is 0 Å². The monoisotopic (exact) mass is 222 g/mol. The van der Waals surface area contributed by atoms with Gasteiger partial charge in [-0.15, -0.1) is 24.8 Å². The first-order chi connectivity index (χ1) is 4.49. The first-order valence-electron chi connectivity index (χ1n) is 3.31. The molecule has 6 heteroatoms. The molecule has 0 aromatic carbocycles. The van der Waals surface area contributed by atoms with Crippen LogP contribution in [0.3, 0.4) is 0 Å². The molecule has 2 nitrogen and oxygen atoms in total. The van der Waals surface area contributed by atoms with E-state index in [1.807, 2.05) is 0 Å². The summed E-state index contributed by atoms with van der Waals surface area (Å²) in [6.45, 7) is 0.427. The summed E-state index contributed by atoms with van der Waals surface area (Å²) in [5.74, 6) is -2.58. The van der Waals surface area contributed by atoms with Crippen molar-refractivity contribution >= 4 is 24.8 Å². The average Bonchev–Trinajstić information content (AvgIpc) is 1.54. The highest BCUT2D eigenvalue weighted by Crippen LogP contribution is 2.24. The summed E-state index contributed by atoms with van der Waals surface area (Å²) in [6, 6.07) is -0.367. The van der Waals surface area contributed by atoms with Gasteiger partial charge in [-0.05, 0) is 7.05 Å². The number of rotatable bonds is 0. The topological polar surface area (TPSA) is 29.3 Å². The Labute approximate surface area is 83.3 Å². The zero-order valence-electron chi connectivity index (χ0n) is 6.80. The fraction of sp³-hybridized carbons (Fsp3) is 1.00. The lowest BCUT2D eigenvalue weighted by molar-refractivity contribution is -0.0636. The van der Waals surface area contributed by atoms with Crippen molar-refractivity contribution in [1.29, 1.82) is 0 Å². The smallest absolute Gasteiger partial charge is 0.262 e. The van der Waals surface area contributed by atoms with Crippen molar-refractivity contribution in [2.24, 2.45) is 5.73 Å². The third-order valence-electron chi connectivity index (χ3n) is 1.61. The lowest BCUT2D eigenvalue weighted by Gasteiger charge is -2.33. The highest BCUT2D eigenvalue weighted by molar-refractivity contribution is 5.85. The van der Waals surface area contributed by atoms with Crippen LogP contribution in [0, 0.1) is 0 Å². The Balaban J connectivity index is 0. The minimum absolute atomic E-state index is 0. The molecule has 0 saturated carbocycles. The van der Waals surface area contributed by atoms with E-state index in [2.05, 4.69) is 0 Å². The molecular formula is C6H14Cl2F2N2. The number of nitrogens with zero attached hydrogens (tertiary/aromatic N) is 1. The van der Waals surface area contributed by atoms with Crippen LogP contribution in [0.25, 0.3) is 0 Å². The fourth-order valence-electron chi connectivity index (χ4n) is 1.37. The SMILES string of the molecule is CN1CC(N)CC(F)(F)C1.Cl.Cl. The molecule has 0 aromatic heterocycles. The number of hydrogen-bond donors (Lipinski definition) is 1. The highest BCUT2D eigenvalue weighted by atomic mass is 35.5. The van der Waals surface area contributed by atoms with Gasteiger partial charge in [-0.3, -0.25) is 4.90 Å². The standard InChI is InChI=1S/C6H12F2N2.2ClH/c1-10-3-5(9)2-6(7,8)4-10;;/h5H,2-4,9H2,1H3;2*1H. The number of hydrogen-bond acceptors (Lipinski definition) is 2. The molecule has 1 aliphatic heterocycles. The first-order valence-corrected chi connectivity index (χ1v) is 3.31. The van der Waals surface area contributed by atoms with Crippen LogP contribution >= 0.6 is 24.8 Å². The molecule has 1 fully saturated rings. The van der Waals surface area contributed by atoms with Crippen molar-refractivity contribution in [3.63, 3.8) is 0 Å². The Hall–Kier alpha value is 0.360. The molecule has 0 radical (unpaired) electrons. The van der Waals surface area contributed by atoms with Crippen molar-refractivity contribution in [3.8, 4) is 0 Å². The van der Waals surface area contributed by atoms with Crippen molar-refractivity contribution in [2.75, 3.05) is 20.1 Å². The maximum atomic E-state index is 12.6. The van der Waals surface area contributed by atoms with Gasteiger partial charge in [0.05, 0.1) is 6.54 Å². The summed E-state index contributed by atoms with van der Waals surface area (Å²) in [5, 5.41) is 0. The molecule has 0 amide bonds. The summed E-state index contributed by atoms with van der Waals surface area (Å²) in [4.78, 5) is 1.56. The van der Waals surface area contributed by atoms with Gasteiger partial charge in [0.25, 0.3) is 5.92 Å². The highest BCUT2D eigenvalue weighted by Gasteiger charge is 2.37. The van der Waals surface area contributed by atoms with E-state index in [0.717, 1.165) is 0 Å². The van der Waals surface area contributed by atoms with E-state index in [9.17, 15) is 8.78 Å². The van der Waals surface area contributed by atoms with Crippen LogP contribution in [-0.4, -0.2) is 37.0 Å². The number of alkyl halides is 2. The van der Waals surface area contributed by atoms with E-state index in [4.69, 9.17) is 5.73 Å². The first kappa shape index (κ1) is 14.9. The number of nitrogens with two attached hydrogens (primary N) is 1. The van der Waals surface area contributed by atoms with E-state index in [-0.39, 0.29) is 43.8 Å². The molecular weight excluding hydrogens is 209 g/mol. The Morgan fingerprint density at radius 2 is 1.92 bits per heavy atom. The minimum Gasteiger partial charge on any atom is -0.326 e.